The fourth-order valence-electron chi connectivity index (χ4n) is 2.16. The van der Waals surface area contributed by atoms with Gasteiger partial charge in [0.1, 0.15) is 4.32 Å². The summed E-state index contributed by atoms with van der Waals surface area (Å²) in [5.74, 6) is -1.32. The van der Waals surface area contributed by atoms with Crippen LogP contribution in [0.4, 0.5) is 5.69 Å². The molecule has 0 unspecified atom stereocenters. The number of nitro groups is 1. The fraction of sp³-hybridized carbons (Fsp3) is 0.188. The molecule has 0 bridgehead atoms. The van der Waals surface area contributed by atoms with Crippen molar-refractivity contribution >= 4 is 51.9 Å². The predicted octanol–water partition coefficient (Wildman–Crippen LogP) is 2.92. The molecule has 10 heteroatoms. The number of hydrogen-bond acceptors (Lipinski definition) is 8. The third-order valence-corrected chi connectivity index (χ3v) is 4.58. The first-order valence-electron chi connectivity index (χ1n) is 7.19. The van der Waals surface area contributed by atoms with Crippen LogP contribution in [-0.4, -0.2) is 39.7 Å². The molecule has 0 atom stereocenters. The molecule has 0 saturated carbocycles. The minimum atomic E-state index is -0.718. The monoisotopic (exact) mass is 394 g/mol. The van der Waals surface area contributed by atoms with Crippen molar-refractivity contribution in [1.29, 1.82) is 0 Å². The topological polar surface area (TPSA) is 99.0 Å². The molecule has 0 aliphatic carbocycles. The van der Waals surface area contributed by atoms with Crippen LogP contribution in [0.3, 0.4) is 0 Å². The molecule has 1 fully saturated rings. The van der Waals surface area contributed by atoms with Crippen LogP contribution in [0.25, 0.3) is 6.08 Å². The fourth-order valence-corrected chi connectivity index (χ4v) is 3.44. The van der Waals surface area contributed by atoms with Gasteiger partial charge in [-0.25, -0.2) is 0 Å². The number of methoxy groups -OCH3 is 1. The van der Waals surface area contributed by atoms with Crippen LogP contribution < -0.4 is 9.47 Å². The minimum absolute atomic E-state index is 0.00206. The largest absolute Gasteiger partial charge is 0.493 e. The number of rotatable bonds is 6. The third-order valence-electron chi connectivity index (χ3n) is 3.20. The highest BCUT2D eigenvalue weighted by atomic mass is 32.2. The average Bonchev–Trinajstić information content (AvgIpc) is 2.83. The lowest BCUT2D eigenvalue weighted by Crippen LogP contribution is -2.27. The zero-order valence-corrected chi connectivity index (χ0v) is 15.5. The second-order valence-corrected chi connectivity index (χ2v) is 6.68. The van der Waals surface area contributed by atoms with E-state index in [9.17, 15) is 19.7 Å². The number of carbonyl (C=O) groups is 2. The summed E-state index contributed by atoms with van der Waals surface area (Å²) in [6, 6.07) is 2.63. The molecule has 1 aliphatic heterocycles. The van der Waals surface area contributed by atoms with E-state index < -0.39 is 16.6 Å². The summed E-state index contributed by atoms with van der Waals surface area (Å²) < 4.78 is 10.4. The molecule has 1 saturated heterocycles. The molecule has 1 heterocycles. The van der Waals surface area contributed by atoms with Crippen molar-refractivity contribution in [3.63, 3.8) is 0 Å². The highest BCUT2D eigenvalue weighted by Crippen LogP contribution is 2.40. The zero-order chi connectivity index (χ0) is 19.4. The Morgan fingerprint density at radius 3 is 2.73 bits per heavy atom. The predicted molar refractivity (Wildman–Crippen MR) is 101 cm³/mol. The quantitative estimate of drug-likeness (QED) is 0.138. The van der Waals surface area contributed by atoms with Crippen LogP contribution in [0.15, 0.2) is 29.7 Å². The summed E-state index contributed by atoms with van der Waals surface area (Å²) in [5.41, 5.74) is -0.115. The first-order valence-corrected chi connectivity index (χ1v) is 8.42. The number of carbonyl (C=O) groups excluding carboxylic acids is 2. The van der Waals surface area contributed by atoms with Crippen molar-refractivity contribution in [2.24, 2.45) is 0 Å². The summed E-state index contributed by atoms with van der Waals surface area (Å²) in [6.45, 7) is 4.98. The van der Waals surface area contributed by atoms with Gasteiger partial charge in [-0.2, -0.15) is 0 Å². The van der Waals surface area contributed by atoms with Crippen molar-refractivity contribution in [3.8, 4) is 11.5 Å². The van der Waals surface area contributed by atoms with E-state index in [1.54, 1.807) is 6.08 Å². The molecular weight excluding hydrogens is 380 g/mol. The van der Waals surface area contributed by atoms with Crippen molar-refractivity contribution in [3.05, 3.63) is 45.4 Å². The second kappa shape index (κ2) is 8.11. The van der Waals surface area contributed by atoms with Crippen LogP contribution in [-0.2, 0) is 9.59 Å². The van der Waals surface area contributed by atoms with Gasteiger partial charge in [-0.15, -0.1) is 6.58 Å². The molecule has 2 rings (SSSR count). The molecular formula is C16H14N2O6S2. The summed E-state index contributed by atoms with van der Waals surface area (Å²) in [5, 5.41) is 11.3. The summed E-state index contributed by atoms with van der Waals surface area (Å²) in [7, 11) is 1.29. The number of nitrogens with zero attached hydrogens (tertiary/aromatic N) is 2. The lowest BCUT2D eigenvalue weighted by molar-refractivity contribution is -0.385. The SMILES string of the molecule is C=CCN1C(=O)/C(=C/c2cc(OC)c(OC(C)=O)c([N+](=O)[O-])c2)SC1=S. The Labute approximate surface area is 158 Å². The number of thiocarbonyl (C=S) groups is 1. The van der Waals surface area contributed by atoms with Crippen molar-refractivity contribution in [2.45, 2.75) is 6.92 Å². The van der Waals surface area contributed by atoms with Crippen LogP contribution in [0, 0.1) is 10.1 Å². The highest BCUT2D eigenvalue weighted by molar-refractivity contribution is 8.26. The Morgan fingerprint density at radius 2 is 2.19 bits per heavy atom. The van der Waals surface area contributed by atoms with Gasteiger partial charge in [0.2, 0.25) is 5.75 Å². The van der Waals surface area contributed by atoms with Gasteiger partial charge >= 0.3 is 11.7 Å². The molecule has 0 aromatic heterocycles. The standard InChI is InChI=1S/C16H14N2O6S2/c1-4-5-17-15(20)13(26-16(17)25)8-10-6-11(18(21)22)14(24-9(2)19)12(7-10)23-3/h4,6-8H,1,5H2,2-3H3/b13-8-. The lowest BCUT2D eigenvalue weighted by atomic mass is 10.1. The molecule has 1 amide bonds. The number of thioether (sulfide) groups is 1. The van der Waals surface area contributed by atoms with Gasteiger partial charge < -0.3 is 9.47 Å². The van der Waals surface area contributed by atoms with E-state index in [0.29, 0.717) is 14.8 Å². The molecule has 1 aromatic carbocycles. The Hall–Kier alpha value is -2.72. The Morgan fingerprint density at radius 1 is 1.50 bits per heavy atom. The summed E-state index contributed by atoms with van der Waals surface area (Å²) >= 11 is 6.23. The molecule has 0 spiro atoms. The first kappa shape index (κ1) is 19.6. The molecule has 0 radical (unpaired) electrons. The molecule has 1 aliphatic rings. The zero-order valence-electron chi connectivity index (χ0n) is 13.9. The Bertz CT molecular complexity index is 849. The average molecular weight is 394 g/mol. The van der Waals surface area contributed by atoms with Crippen molar-refractivity contribution in [1.82, 2.24) is 4.90 Å². The van der Waals surface area contributed by atoms with E-state index in [4.69, 9.17) is 21.7 Å². The maximum absolute atomic E-state index is 12.4. The van der Waals surface area contributed by atoms with Gasteiger partial charge in [0.15, 0.2) is 5.75 Å². The first-order chi connectivity index (χ1) is 12.3. The molecule has 0 N–H and O–H groups in total. The number of amides is 1. The van der Waals surface area contributed by atoms with Crippen LogP contribution in [0.1, 0.15) is 12.5 Å². The maximum Gasteiger partial charge on any atom is 0.316 e. The van der Waals surface area contributed by atoms with Gasteiger partial charge in [0.25, 0.3) is 5.91 Å². The van der Waals surface area contributed by atoms with E-state index in [2.05, 4.69) is 6.58 Å². The molecule has 8 nitrogen and oxygen atoms in total. The van der Waals surface area contributed by atoms with E-state index >= 15 is 0 Å². The van der Waals surface area contributed by atoms with Crippen LogP contribution in [0.5, 0.6) is 11.5 Å². The normalized spacial score (nSPS) is 15.3. The van der Waals surface area contributed by atoms with Gasteiger partial charge in [-0.05, 0) is 17.7 Å². The van der Waals surface area contributed by atoms with Crippen LogP contribution in [0.2, 0.25) is 0 Å². The van der Waals surface area contributed by atoms with Crippen molar-refractivity contribution in [2.75, 3.05) is 13.7 Å². The van der Waals surface area contributed by atoms with Gasteiger partial charge in [-0.1, -0.05) is 30.1 Å². The number of benzene rings is 1. The lowest BCUT2D eigenvalue weighted by Gasteiger charge is -2.10. The number of nitro benzene ring substituents is 1. The van der Waals surface area contributed by atoms with E-state index in [1.165, 1.54) is 30.2 Å². The number of esters is 1. The summed E-state index contributed by atoms with van der Waals surface area (Å²) in [6.07, 6.45) is 3.02. The smallest absolute Gasteiger partial charge is 0.316 e. The Balaban J connectivity index is 2.51. The van der Waals surface area contributed by atoms with Gasteiger partial charge in [0.05, 0.1) is 16.9 Å². The molecule has 1 aromatic rings. The molecule has 26 heavy (non-hydrogen) atoms. The maximum atomic E-state index is 12.4. The van der Waals surface area contributed by atoms with E-state index in [-0.39, 0.29) is 24.0 Å². The Kier molecular flexibility index (Phi) is 6.11. The number of hydrogen-bond donors (Lipinski definition) is 0. The van der Waals surface area contributed by atoms with Gasteiger partial charge in [-0.3, -0.25) is 24.6 Å². The minimum Gasteiger partial charge on any atom is -0.493 e. The van der Waals surface area contributed by atoms with Crippen molar-refractivity contribution < 1.29 is 24.0 Å². The molecule has 136 valence electrons. The summed E-state index contributed by atoms with van der Waals surface area (Å²) in [4.78, 5) is 35.9. The van der Waals surface area contributed by atoms with Crippen LogP contribution >= 0.6 is 24.0 Å². The van der Waals surface area contributed by atoms with Gasteiger partial charge in [0, 0.05) is 19.5 Å². The van der Waals surface area contributed by atoms with E-state index in [1.807, 2.05) is 0 Å². The second-order valence-electron chi connectivity index (χ2n) is 5.00. The highest BCUT2D eigenvalue weighted by Gasteiger charge is 2.31. The van der Waals surface area contributed by atoms with E-state index in [0.717, 1.165) is 18.7 Å². The number of ether oxygens (including phenoxy) is 2. The third kappa shape index (κ3) is 4.09.